The third-order valence-electron chi connectivity index (χ3n) is 16.5. The molecule has 16 rings (SSSR count). The second-order valence-electron chi connectivity index (χ2n) is 23.6. The first-order valence-corrected chi connectivity index (χ1v) is 38.3. The van der Waals surface area contributed by atoms with E-state index in [0.717, 1.165) is 41.1 Å². The molecule has 0 fully saturated rings. The molecule has 0 spiro atoms. The Morgan fingerprint density at radius 3 is 0.482 bits per heavy atom. The van der Waals surface area contributed by atoms with Gasteiger partial charge in [0.2, 0.25) is 0 Å². The van der Waals surface area contributed by atoms with E-state index in [-0.39, 0.29) is 71.9 Å². The maximum Gasteiger partial charge on any atom is 2.00 e. The van der Waals surface area contributed by atoms with Crippen LogP contribution < -0.4 is 40.0 Å². The van der Waals surface area contributed by atoms with Crippen LogP contribution in [0, 0.1) is 0 Å². The number of alkyl halides is 4. The molecule has 0 saturated heterocycles. The molecule has 112 heavy (non-hydrogen) atoms. The zero-order valence-electron chi connectivity index (χ0n) is 59.4. The minimum Gasteiger partial charge on any atom is -0.545 e. The minimum atomic E-state index is -1.31. The van der Waals surface area contributed by atoms with Crippen molar-refractivity contribution in [2.45, 2.75) is 0 Å². The molecule has 0 bridgehead atoms. The number of amides is 8. The van der Waals surface area contributed by atoms with Crippen LogP contribution in [0.1, 0.15) is 124 Å². The summed E-state index contributed by atoms with van der Waals surface area (Å²) in [5.74, 6) is -8.65. The van der Waals surface area contributed by atoms with Crippen LogP contribution in [0.4, 0.5) is 22.7 Å². The molecule has 4 heterocycles. The topological polar surface area (TPSA) is 344 Å². The molecule has 30 heteroatoms. The van der Waals surface area contributed by atoms with E-state index in [1.54, 1.807) is 122 Å². The van der Waals surface area contributed by atoms with Crippen molar-refractivity contribution in [2.24, 2.45) is 0 Å². The van der Waals surface area contributed by atoms with Crippen molar-refractivity contribution in [1.29, 1.82) is 0 Å². The minimum absolute atomic E-state index is 0. The van der Waals surface area contributed by atoms with Gasteiger partial charge in [0.05, 0.1) is 57.3 Å². The van der Waals surface area contributed by atoms with Gasteiger partial charge in [-0.25, -0.2) is 19.6 Å². The molecule has 12 aromatic rings. The predicted octanol–water partition coefficient (Wildman–Crippen LogP) is 10.8. The quantitative estimate of drug-likeness (QED) is 0.0775. The van der Waals surface area contributed by atoms with Crippen LogP contribution in [0.5, 0.6) is 0 Å². The van der Waals surface area contributed by atoms with E-state index in [1.807, 2.05) is 48.5 Å². The first-order valence-electron chi connectivity index (χ1n) is 32.2. The van der Waals surface area contributed by atoms with Gasteiger partial charge in [-0.15, -0.1) is 46.4 Å². The van der Waals surface area contributed by atoms with Gasteiger partial charge < -0.3 is 39.6 Å². The summed E-state index contributed by atoms with van der Waals surface area (Å²) < 4.78 is 19.1. The van der Waals surface area contributed by atoms with Crippen LogP contribution in [0.3, 0.4) is 0 Å². The van der Waals surface area contributed by atoms with Crippen molar-refractivity contribution in [3.63, 3.8) is 0 Å². The Hall–Kier alpha value is -11.2. The number of imide groups is 4. The average Bonchev–Trinajstić information content (AvgIpc) is 0.762. The van der Waals surface area contributed by atoms with E-state index in [2.05, 4.69) is 0 Å². The second-order valence-corrected chi connectivity index (χ2v) is 28.2. The summed E-state index contributed by atoms with van der Waals surface area (Å²) in [5.41, 5.74) is 4.83. The zero-order valence-corrected chi connectivity index (χ0v) is 70.0. The van der Waals surface area contributed by atoms with E-state index in [9.17, 15) is 86.4 Å². The number of carboxylic acids is 4. The van der Waals surface area contributed by atoms with Gasteiger partial charge in [0.1, 0.15) is 0 Å². The summed E-state index contributed by atoms with van der Waals surface area (Å²) in [6.07, 6.45) is 6.56. The number of carbonyl (C=O) groups is 12. The second kappa shape index (κ2) is 39.6. The number of hydrogen-bond donors (Lipinski definition) is 0. The molecular weight excluding hydrogens is 1670 g/mol. The molecule has 0 saturated carbocycles. The monoisotopic (exact) mass is 1720 g/mol. The van der Waals surface area contributed by atoms with E-state index < -0.39 is 92.7 Å². The first-order chi connectivity index (χ1) is 52.6. The maximum absolute atomic E-state index is 12.8. The van der Waals surface area contributed by atoms with Gasteiger partial charge >= 0.3 is 39.0 Å². The Morgan fingerprint density at radius 2 is 0.375 bits per heavy atom. The van der Waals surface area contributed by atoms with Gasteiger partial charge in [0, 0.05) is 113 Å². The fourth-order valence-corrected chi connectivity index (χ4v) is 12.0. The molecule has 0 atom stereocenters. The van der Waals surface area contributed by atoms with Gasteiger partial charge in [0.15, 0.2) is 0 Å². The van der Waals surface area contributed by atoms with E-state index in [0.29, 0.717) is 88.8 Å². The molecule has 4 aliphatic heterocycles. The van der Waals surface area contributed by atoms with Crippen LogP contribution in [0.2, 0.25) is 0 Å². The summed E-state index contributed by atoms with van der Waals surface area (Å²) >= 11 is 19.1. The molecular formula is C82H56Cl4N4O18S2Zn2. The van der Waals surface area contributed by atoms with Crippen molar-refractivity contribution in [3.8, 4) is 0 Å². The van der Waals surface area contributed by atoms with Crippen LogP contribution in [0.15, 0.2) is 243 Å². The molecule has 556 valence electrons. The number of carbonyl (C=O) groups excluding carboxylic acids is 12. The number of rotatable bonds is 8. The molecule has 0 unspecified atom stereocenters. The molecule has 8 amide bonds. The number of aromatic carboxylic acids is 4. The smallest absolute Gasteiger partial charge is 0.545 e. The summed E-state index contributed by atoms with van der Waals surface area (Å²) in [6.45, 7) is 0. The van der Waals surface area contributed by atoms with E-state index >= 15 is 0 Å². The van der Waals surface area contributed by atoms with Gasteiger partial charge in [-0.3, -0.25) is 46.8 Å². The number of anilines is 4. The summed E-state index contributed by atoms with van der Waals surface area (Å²) in [5, 5.41) is 49.7. The third kappa shape index (κ3) is 19.4. The Labute approximate surface area is 689 Å². The Bertz CT molecular complexity index is 4860. The fraction of sp³-hybridized carbons (Fsp3) is 0.0732. The number of benzene rings is 12. The normalized spacial score (nSPS) is 12.4. The predicted molar refractivity (Wildman–Crippen MR) is 417 cm³/mol. The van der Waals surface area contributed by atoms with Gasteiger partial charge in [-0.1, -0.05) is 146 Å². The standard InChI is InChI=1S/4C19H11NO4.2C2H6OS.2CH2Cl2.2Zn/c4*21-17-14-5-1-3-11-4-2-6-15(16(11)14)18(22)20(17)13-9-7-12(8-10-13)19(23)24;2*1-4(2)3;2*2-1-3;;/h4*1-10H,(H,23,24);2*1-2H3;2*1H2;;/q;;;;;;;;2*+2/p-4. The van der Waals surface area contributed by atoms with E-state index in [1.165, 1.54) is 97.1 Å². The van der Waals surface area contributed by atoms with Crippen molar-refractivity contribution < 1.29 is 125 Å². The molecule has 0 N–H and O–H groups in total. The van der Waals surface area contributed by atoms with Crippen LogP contribution >= 0.6 is 46.4 Å². The molecule has 4 aliphatic rings. The molecule has 12 aromatic carbocycles. The molecule has 0 radical (unpaired) electrons. The zero-order chi connectivity index (χ0) is 79.9. The average molecular weight is 1720 g/mol. The number of nitrogens with zero attached hydrogens (tertiary/aromatic N) is 4. The van der Waals surface area contributed by atoms with Gasteiger partial charge in [0.25, 0.3) is 47.3 Å². The third-order valence-corrected chi connectivity index (χ3v) is 16.5. The van der Waals surface area contributed by atoms with Crippen molar-refractivity contribution in [2.75, 3.05) is 55.3 Å². The van der Waals surface area contributed by atoms with Gasteiger partial charge in [-0.2, -0.15) is 0 Å². The number of hydrogen-bond acceptors (Lipinski definition) is 18. The molecule has 0 aliphatic carbocycles. The van der Waals surface area contributed by atoms with E-state index in [4.69, 9.17) is 46.4 Å². The van der Waals surface area contributed by atoms with Gasteiger partial charge in [-0.05, 0) is 141 Å². The first kappa shape index (κ1) is 88.0. The molecule has 0 aromatic heterocycles. The van der Waals surface area contributed by atoms with Crippen molar-refractivity contribution >= 4 is 205 Å². The molecule has 22 nitrogen and oxygen atoms in total. The van der Waals surface area contributed by atoms with Crippen LogP contribution in [0.25, 0.3) is 43.1 Å². The Kier molecular flexibility index (Phi) is 31.2. The summed E-state index contributed by atoms with van der Waals surface area (Å²) in [6, 6.07) is 64.4. The SMILES string of the molecule is CS(C)=O.CS(C)=O.ClCCl.ClCCl.O=C([O-])c1ccc(N2C(=O)c3cccc4cccc(c34)C2=O)cc1.O=C([O-])c1ccc(N2C(=O)c3cccc4cccc(c34)C2=O)cc1.O=C([O-])c1ccc(N2C(=O)c3cccc4cccc(c34)C2=O)cc1.O=C([O-])c1ccc(N2C(=O)c3cccc4cccc(c34)C2=O)cc1.[Zn+2].[Zn+2]. The summed E-state index contributed by atoms with van der Waals surface area (Å²) in [4.78, 5) is 150. The van der Waals surface area contributed by atoms with Crippen molar-refractivity contribution in [3.05, 3.63) is 309 Å². The van der Waals surface area contributed by atoms with Crippen LogP contribution in [-0.4, -0.2) is 115 Å². The number of halogens is 4. The van der Waals surface area contributed by atoms with Crippen molar-refractivity contribution in [1.82, 2.24) is 0 Å². The largest absolute Gasteiger partial charge is 2.00 e. The van der Waals surface area contributed by atoms with Crippen LogP contribution in [-0.2, 0) is 60.6 Å². The fourth-order valence-electron chi connectivity index (χ4n) is 12.0. The Morgan fingerprint density at radius 1 is 0.259 bits per heavy atom. The maximum atomic E-state index is 12.8. The summed E-state index contributed by atoms with van der Waals surface area (Å²) in [7, 11) is -1.22. The number of carboxylic acid groups (broad SMARTS) is 4. The Balaban J connectivity index is 0.000000195.